The van der Waals surface area contributed by atoms with Gasteiger partial charge in [0.2, 0.25) is 5.76 Å². The van der Waals surface area contributed by atoms with Gasteiger partial charge < -0.3 is 59.1 Å². The monoisotopic (exact) mass is 900 g/mol. The van der Waals surface area contributed by atoms with Crippen molar-refractivity contribution in [3.63, 3.8) is 0 Å². The van der Waals surface area contributed by atoms with Crippen LogP contribution in [0.4, 0.5) is 0 Å². The number of rotatable bonds is 15. The minimum Gasteiger partial charge on any atom is -0.489 e. The topological polar surface area (TPSA) is 218 Å². The molecule has 3 aliphatic heterocycles. The molecule has 1 aromatic heterocycles. The third kappa shape index (κ3) is 9.00. The number of aldehydes is 1. The molecule has 7 unspecified atom stereocenters. The van der Waals surface area contributed by atoms with E-state index < -0.39 is 60.4 Å². The van der Waals surface area contributed by atoms with E-state index in [1.165, 1.54) is 0 Å². The van der Waals surface area contributed by atoms with Crippen molar-refractivity contribution in [1.29, 1.82) is 0 Å². The van der Waals surface area contributed by atoms with Crippen LogP contribution in [0.3, 0.4) is 0 Å². The number of fused-ring (bicyclic) bond motifs is 3. The lowest BCUT2D eigenvalue weighted by Crippen LogP contribution is -2.54. The number of benzene rings is 2. The number of aliphatic hydroxyl groups excluding tert-OH is 2. The number of aromatic amines is 1. The molecule has 3 fully saturated rings. The number of allylic oxidation sites excluding steroid dienone is 3. The van der Waals surface area contributed by atoms with Crippen molar-refractivity contribution in [1.82, 2.24) is 9.88 Å². The molecule has 2 aliphatic carbocycles. The zero-order valence-electron chi connectivity index (χ0n) is 37.9. The molecule has 4 heterocycles. The van der Waals surface area contributed by atoms with Crippen molar-refractivity contribution in [2.75, 3.05) is 40.0 Å². The number of nitrogens with zero attached hydrogens (tertiary/aromatic N) is 1. The van der Waals surface area contributed by atoms with E-state index in [0.717, 1.165) is 43.3 Å². The molecule has 65 heavy (non-hydrogen) atoms. The zero-order valence-corrected chi connectivity index (χ0v) is 37.9. The van der Waals surface area contributed by atoms with Crippen LogP contribution < -0.4 is 14.2 Å². The minimum absolute atomic E-state index is 0.0223. The molecule has 2 aromatic carbocycles. The van der Waals surface area contributed by atoms with Crippen LogP contribution in [0.25, 0.3) is 16.5 Å². The van der Waals surface area contributed by atoms with E-state index in [4.69, 9.17) is 23.7 Å². The standard InChI is InChI=1S/C50H64N2O13/c1-5-33-22-32(13-17-52(33)16-8-18-61-4)49(3,58)40-23-36-44(64-40)38(27-55)46-42(45(36)63-34-9-7-14-50(59,60)24-34)41(37(26-54)47(65-46)48(57)62-6-2)30-20-31(25-53)43(56)35(21-30)28-10-11-39-29(19-28)12-15-51-39/h10-12,15,19,26,31-35,40,51,53,55,58-60H,5-9,13-14,16-18,20-25,27H2,1-4H3. The first-order valence-electron chi connectivity index (χ1n) is 23.3. The number of likely N-dealkylation sites (tertiary alicyclic amines) is 1. The molecule has 5 aliphatic rings. The molecule has 3 aromatic rings. The van der Waals surface area contributed by atoms with Crippen LogP contribution in [-0.2, 0) is 36.9 Å². The second kappa shape index (κ2) is 19.3. The van der Waals surface area contributed by atoms with Crippen LogP contribution in [0.1, 0.15) is 113 Å². The van der Waals surface area contributed by atoms with Gasteiger partial charge in [-0.2, -0.15) is 0 Å². The number of ether oxygens (including phenoxy) is 5. The number of H-pyrrole nitrogens is 1. The molecule has 6 N–H and O–H groups in total. The summed E-state index contributed by atoms with van der Waals surface area (Å²) < 4.78 is 31.0. The molecule has 0 amide bonds. The molecular formula is C50H64N2O13. The number of carbonyl (C=O) groups excluding carboxylic acids is 3. The maximum atomic E-state index is 14.2. The first-order valence-corrected chi connectivity index (χ1v) is 23.3. The molecule has 352 valence electrons. The van der Waals surface area contributed by atoms with Gasteiger partial charge >= 0.3 is 5.97 Å². The van der Waals surface area contributed by atoms with Gasteiger partial charge in [0, 0.05) is 80.3 Å². The number of piperidine rings is 1. The Morgan fingerprint density at radius 3 is 2.63 bits per heavy atom. The Bertz CT molecular complexity index is 2350. The summed E-state index contributed by atoms with van der Waals surface area (Å²) >= 11 is 0. The van der Waals surface area contributed by atoms with Gasteiger partial charge in [-0.25, -0.2) is 4.79 Å². The summed E-state index contributed by atoms with van der Waals surface area (Å²) in [7, 11) is 1.70. The summed E-state index contributed by atoms with van der Waals surface area (Å²) in [5.41, 5.74) is 1.76. The lowest BCUT2D eigenvalue weighted by molar-refractivity contribution is -0.196. The van der Waals surface area contributed by atoms with Gasteiger partial charge in [0.25, 0.3) is 0 Å². The van der Waals surface area contributed by atoms with Gasteiger partial charge in [-0.3, -0.25) is 9.59 Å². The van der Waals surface area contributed by atoms with E-state index in [1.807, 2.05) is 30.5 Å². The Morgan fingerprint density at radius 2 is 1.92 bits per heavy atom. The predicted molar refractivity (Wildman–Crippen MR) is 239 cm³/mol. The summed E-state index contributed by atoms with van der Waals surface area (Å²) in [6.45, 7) is 6.76. The average Bonchev–Trinajstić information content (AvgIpc) is 3.97. The number of hydrogen-bond acceptors (Lipinski definition) is 14. The molecule has 0 radical (unpaired) electrons. The first kappa shape index (κ1) is 46.9. The number of aliphatic hydroxyl groups is 5. The number of Topliss-reactive ketones (excluding diaryl/α,β-unsaturated/α-hetero) is 1. The van der Waals surface area contributed by atoms with Gasteiger partial charge in [-0.05, 0) is 107 Å². The largest absolute Gasteiger partial charge is 0.489 e. The third-order valence-electron chi connectivity index (χ3n) is 14.7. The van der Waals surface area contributed by atoms with Crippen molar-refractivity contribution < 1.29 is 63.6 Å². The highest BCUT2D eigenvalue weighted by Gasteiger charge is 2.51. The summed E-state index contributed by atoms with van der Waals surface area (Å²) in [6.07, 6.45) is 5.19. The second-order valence-electron chi connectivity index (χ2n) is 18.7. The molecular weight excluding hydrogens is 837 g/mol. The smallest absolute Gasteiger partial charge is 0.375 e. The fraction of sp³-hybridized carbons (Fsp3) is 0.580. The van der Waals surface area contributed by atoms with E-state index in [0.29, 0.717) is 48.9 Å². The fourth-order valence-electron chi connectivity index (χ4n) is 11.2. The molecule has 15 nitrogen and oxygen atoms in total. The number of hydrogen-bond donors (Lipinski definition) is 6. The summed E-state index contributed by atoms with van der Waals surface area (Å²) in [4.78, 5) is 47.3. The molecule has 2 saturated carbocycles. The van der Waals surface area contributed by atoms with Crippen molar-refractivity contribution >= 4 is 34.5 Å². The molecule has 15 heteroatoms. The number of aromatic nitrogens is 1. The van der Waals surface area contributed by atoms with Crippen LogP contribution in [0.5, 0.6) is 17.2 Å². The third-order valence-corrected chi connectivity index (χ3v) is 14.7. The number of methoxy groups -OCH3 is 1. The zero-order chi connectivity index (χ0) is 46.2. The maximum Gasteiger partial charge on any atom is 0.375 e. The number of ketones is 1. The quantitative estimate of drug-likeness (QED) is 0.0503. The van der Waals surface area contributed by atoms with Crippen LogP contribution in [0.15, 0.2) is 47.4 Å². The van der Waals surface area contributed by atoms with E-state index in [9.17, 15) is 39.9 Å². The molecule has 7 atom stereocenters. The van der Waals surface area contributed by atoms with Crippen molar-refractivity contribution in [2.45, 2.75) is 134 Å². The number of nitrogens with one attached hydrogen (secondary N) is 1. The van der Waals surface area contributed by atoms with Crippen LogP contribution in [0, 0.1) is 11.8 Å². The van der Waals surface area contributed by atoms with Crippen molar-refractivity contribution in [3.8, 4) is 17.2 Å². The minimum atomic E-state index is -2.01. The Morgan fingerprint density at radius 1 is 1.11 bits per heavy atom. The highest BCUT2D eigenvalue weighted by Crippen LogP contribution is 2.58. The predicted octanol–water partition coefficient (Wildman–Crippen LogP) is 5.16. The molecule has 1 saturated heterocycles. The Labute approximate surface area is 379 Å². The van der Waals surface area contributed by atoms with Gasteiger partial charge in [-0.1, -0.05) is 18.6 Å². The van der Waals surface area contributed by atoms with Crippen molar-refractivity contribution in [3.05, 3.63) is 69.6 Å². The number of carbonyl (C=O) groups is 3. The van der Waals surface area contributed by atoms with E-state index in [1.54, 1.807) is 21.0 Å². The average molecular weight is 901 g/mol. The van der Waals surface area contributed by atoms with Gasteiger partial charge in [0.15, 0.2) is 12.1 Å². The van der Waals surface area contributed by atoms with E-state index in [2.05, 4.69) is 16.8 Å². The van der Waals surface area contributed by atoms with Crippen LogP contribution in [-0.4, -0.2) is 123 Å². The SMILES string of the molecule is CCOC(=O)C1=C(C=O)C(=C2CC(CO)C(=O)C(c3ccc4[nH]ccc4c3)C2)c2c(c(CO)c3c(c2OC2CCCC(O)(O)C2)CC(C(C)(O)C2CCN(CCCOC)C(CC)C2)O3)O1. The Kier molecular flexibility index (Phi) is 13.9. The maximum absolute atomic E-state index is 14.2. The van der Waals surface area contributed by atoms with E-state index >= 15 is 0 Å². The Balaban J connectivity index is 1.30. The fourth-order valence-corrected chi connectivity index (χ4v) is 11.2. The molecule has 8 rings (SSSR count). The lowest BCUT2D eigenvalue weighted by atomic mass is 9.71. The number of esters is 1. The van der Waals surface area contributed by atoms with E-state index in [-0.39, 0.29) is 96.0 Å². The summed E-state index contributed by atoms with van der Waals surface area (Å²) in [6, 6.07) is 7.83. The molecule has 0 spiro atoms. The first-order chi connectivity index (χ1) is 31.3. The van der Waals surface area contributed by atoms with Gasteiger partial charge in [0.05, 0.1) is 36.5 Å². The van der Waals surface area contributed by atoms with Crippen molar-refractivity contribution in [2.24, 2.45) is 11.8 Å². The van der Waals surface area contributed by atoms with Gasteiger partial charge in [0.1, 0.15) is 40.8 Å². The Hall–Kier alpha value is -4.61. The lowest BCUT2D eigenvalue weighted by Gasteiger charge is -2.46. The summed E-state index contributed by atoms with van der Waals surface area (Å²) in [5, 5.41) is 57.4. The second-order valence-corrected chi connectivity index (χ2v) is 18.7. The van der Waals surface area contributed by atoms with Gasteiger partial charge in [-0.15, -0.1) is 0 Å². The normalized spacial score (nSPS) is 27.7. The summed E-state index contributed by atoms with van der Waals surface area (Å²) in [5.74, 6) is -4.93. The highest BCUT2D eigenvalue weighted by atomic mass is 16.6. The van der Waals surface area contributed by atoms with Crippen LogP contribution in [0.2, 0.25) is 0 Å². The van der Waals surface area contributed by atoms with Crippen LogP contribution >= 0.6 is 0 Å². The highest BCUT2D eigenvalue weighted by molar-refractivity contribution is 6.11. The molecule has 0 bridgehead atoms.